The van der Waals surface area contributed by atoms with Crippen molar-refractivity contribution in [3.8, 4) is 0 Å². The molecule has 1 aliphatic heterocycles. The number of nitrogens with zero attached hydrogens (tertiary/aromatic N) is 2. The highest BCUT2D eigenvalue weighted by Crippen LogP contribution is 2.19. The number of aromatic nitrogens is 2. The summed E-state index contributed by atoms with van der Waals surface area (Å²) in [5.41, 5.74) is 3.04. The van der Waals surface area contributed by atoms with Crippen molar-refractivity contribution in [1.82, 2.24) is 19.8 Å². The van der Waals surface area contributed by atoms with Crippen molar-refractivity contribution in [2.24, 2.45) is 0 Å². The highest BCUT2D eigenvalue weighted by Gasteiger charge is 2.16. The molecule has 0 atom stereocenters. The van der Waals surface area contributed by atoms with Gasteiger partial charge in [0.2, 0.25) is 0 Å². The normalized spacial score (nSPS) is 14.8. The molecule has 2 N–H and O–H groups in total. The molecule has 1 aliphatic rings. The first-order valence-corrected chi connectivity index (χ1v) is 9.27. The molecule has 0 saturated carbocycles. The summed E-state index contributed by atoms with van der Waals surface area (Å²) in [6.07, 6.45) is 2.82. The van der Waals surface area contributed by atoms with E-state index in [1.165, 1.54) is 24.3 Å². The van der Waals surface area contributed by atoms with Crippen LogP contribution in [0.5, 0.6) is 0 Å². The van der Waals surface area contributed by atoms with E-state index in [1.54, 1.807) is 4.57 Å². The van der Waals surface area contributed by atoms with E-state index in [1.807, 2.05) is 24.3 Å². The van der Waals surface area contributed by atoms with Crippen molar-refractivity contribution in [2.45, 2.75) is 6.42 Å². The first kappa shape index (κ1) is 18.2. The number of halogens is 1. The predicted molar refractivity (Wildman–Crippen MR) is 107 cm³/mol. The van der Waals surface area contributed by atoms with Crippen LogP contribution < -0.4 is 11.0 Å². The van der Waals surface area contributed by atoms with E-state index in [-0.39, 0.29) is 17.4 Å². The zero-order valence-electron chi connectivity index (χ0n) is 15.3. The molecule has 3 aromatic rings. The Morgan fingerprint density at radius 2 is 1.93 bits per heavy atom. The second-order valence-electron chi connectivity index (χ2n) is 6.79. The van der Waals surface area contributed by atoms with Gasteiger partial charge < -0.3 is 10.3 Å². The SMILES string of the molecule is O=C(NCCN1CC=C(n2c(=O)[nH]c3ccccc32)CC1)c1ccc(F)cc1. The summed E-state index contributed by atoms with van der Waals surface area (Å²) in [6, 6.07) is 13.2. The monoisotopic (exact) mass is 380 g/mol. The van der Waals surface area contributed by atoms with Gasteiger partial charge in [-0.25, -0.2) is 9.18 Å². The zero-order chi connectivity index (χ0) is 19.5. The minimum absolute atomic E-state index is 0.118. The van der Waals surface area contributed by atoms with Crippen molar-refractivity contribution in [2.75, 3.05) is 26.2 Å². The summed E-state index contributed by atoms with van der Waals surface area (Å²) in [4.78, 5) is 29.5. The Balaban J connectivity index is 1.34. The molecule has 7 heteroatoms. The molecule has 6 nitrogen and oxygen atoms in total. The van der Waals surface area contributed by atoms with Gasteiger partial charge in [0.05, 0.1) is 11.0 Å². The van der Waals surface area contributed by atoms with Crippen LogP contribution in [0.15, 0.2) is 59.4 Å². The lowest BCUT2D eigenvalue weighted by Crippen LogP contribution is -2.37. The zero-order valence-corrected chi connectivity index (χ0v) is 15.3. The summed E-state index contributed by atoms with van der Waals surface area (Å²) in [6.45, 7) is 2.74. The van der Waals surface area contributed by atoms with E-state index >= 15 is 0 Å². The number of fused-ring (bicyclic) bond motifs is 1. The molecule has 2 aromatic carbocycles. The Bertz CT molecular complexity index is 1080. The number of nitrogens with one attached hydrogen (secondary N) is 2. The predicted octanol–water partition coefficient (Wildman–Crippen LogP) is 2.45. The fraction of sp³-hybridized carbons (Fsp3) is 0.238. The van der Waals surface area contributed by atoms with Gasteiger partial charge in [-0.05, 0) is 36.4 Å². The van der Waals surface area contributed by atoms with Crippen molar-refractivity contribution in [3.05, 3.63) is 76.5 Å². The molecule has 4 rings (SSSR count). The second kappa shape index (κ2) is 7.82. The lowest BCUT2D eigenvalue weighted by molar-refractivity contribution is 0.0949. The number of para-hydroxylation sites is 2. The van der Waals surface area contributed by atoms with Gasteiger partial charge in [-0.15, -0.1) is 0 Å². The van der Waals surface area contributed by atoms with Crippen molar-refractivity contribution in [1.29, 1.82) is 0 Å². The summed E-state index contributed by atoms with van der Waals surface area (Å²) in [7, 11) is 0. The standard InChI is InChI=1S/C21H21FN4O2/c22-16-7-5-15(6-8-16)20(27)23-11-14-25-12-9-17(10-13-25)26-19-4-2-1-3-18(19)24-21(26)28/h1-9H,10-14H2,(H,23,27)(H,24,28). The van der Waals surface area contributed by atoms with Crippen LogP contribution in [0.1, 0.15) is 16.8 Å². The van der Waals surface area contributed by atoms with Gasteiger partial charge in [0.25, 0.3) is 5.91 Å². The minimum Gasteiger partial charge on any atom is -0.351 e. The molecular formula is C21H21FN4O2. The molecular weight excluding hydrogens is 359 g/mol. The number of hydrogen-bond acceptors (Lipinski definition) is 3. The number of hydrogen-bond donors (Lipinski definition) is 2. The maximum absolute atomic E-state index is 12.9. The third kappa shape index (κ3) is 3.75. The van der Waals surface area contributed by atoms with Gasteiger partial charge in [-0.2, -0.15) is 0 Å². The molecule has 0 radical (unpaired) electrons. The molecule has 1 aromatic heterocycles. The Morgan fingerprint density at radius 3 is 2.68 bits per heavy atom. The third-order valence-electron chi connectivity index (χ3n) is 4.97. The number of rotatable bonds is 5. The van der Waals surface area contributed by atoms with Gasteiger partial charge in [-0.1, -0.05) is 18.2 Å². The van der Waals surface area contributed by atoms with E-state index in [0.29, 0.717) is 25.2 Å². The molecule has 0 unspecified atom stereocenters. The number of carbonyl (C=O) groups excluding carboxylic acids is 1. The number of amides is 1. The van der Waals surface area contributed by atoms with Gasteiger partial charge in [0.1, 0.15) is 5.82 Å². The Hall–Kier alpha value is -3.19. The van der Waals surface area contributed by atoms with E-state index in [0.717, 1.165) is 29.7 Å². The summed E-state index contributed by atoms with van der Waals surface area (Å²) in [5, 5.41) is 2.85. The highest BCUT2D eigenvalue weighted by atomic mass is 19.1. The highest BCUT2D eigenvalue weighted by molar-refractivity contribution is 5.94. The summed E-state index contributed by atoms with van der Waals surface area (Å²) >= 11 is 0. The average molecular weight is 380 g/mol. The van der Waals surface area contributed by atoms with Crippen LogP contribution in [0.4, 0.5) is 4.39 Å². The van der Waals surface area contributed by atoms with Crippen LogP contribution in [0.25, 0.3) is 16.7 Å². The molecule has 144 valence electrons. The average Bonchev–Trinajstić information content (AvgIpc) is 3.05. The first-order valence-electron chi connectivity index (χ1n) is 9.27. The number of carbonyl (C=O) groups is 1. The molecule has 2 heterocycles. The lowest BCUT2D eigenvalue weighted by Gasteiger charge is -2.26. The van der Waals surface area contributed by atoms with E-state index in [9.17, 15) is 14.0 Å². The molecule has 1 amide bonds. The quantitative estimate of drug-likeness (QED) is 0.714. The molecule has 0 fully saturated rings. The van der Waals surface area contributed by atoms with E-state index in [4.69, 9.17) is 0 Å². The fourth-order valence-corrected chi connectivity index (χ4v) is 3.48. The van der Waals surface area contributed by atoms with Crippen LogP contribution in [0, 0.1) is 5.82 Å². The van der Waals surface area contributed by atoms with Crippen molar-refractivity contribution < 1.29 is 9.18 Å². The first-order chi connectivity index (χ1) is 13.6. The number of H-pyrrole nitrogens is 1. The smallest absolute Gasteiger partial charge is 0.330 e. The van der Waals surface area contributed by atoms with Crippen LogP contribution in [-0.4, -0.2) is 46.5 Å². The van der Waals surface area contributed by atoms with Crippen LogP contribution >= 0.6 is 0 Å². The maximum Gasteiger partial charge on any atom is 0.330 e. The maximum atomic E-state index is 12.9. The van der Waals surface area contributed by atoms with E-state index < -0.39 is 0 Å². The van der Waals surface area contributed by atoms with Crippen LogP contribution in [0.3, 0.4) is 0 Å². The Morgan fingerprint density at radius 1 is 1.14 bits per heavy atom. The van der Waals surface area contributed by atoms with Crippen LogP contribution in [-0.2, 0) is 0 Å². The van der Waals surface area contributed by atoms with Gasteiger partial charge in [0, 0.05) is 43.9 Å². The topological polar surface area (TPSA) is 70.1 Å². The molecule has 0 saturated heterocycles. The van der Waals surface area contributed by atoms with Gasteiger partial charge >= 0.3 is 5.69 Å². The molecule has 0 bridgehead atoms. The lowest BCUT2D eigenvalue weighted by atomic mass is 10.2. The molecule has 0 aliphatic carbocycles. The van der Waals surface area contributed by atoms with Gasteiger partial charge in [0.15, 0.2) is 0 Å². The Labute approximate surface area is 161 Å². The number of aromatic amines is 1. The largest absolute Gasteiger partial charge is 0.351 e. The van der Waals surface area contributed by atoms with Crippen LogP contribution in [0.2, 0.25) is 0 Å². The third-order valence-corrected chi connectivity index (χ3v) is 4.97. The van der Waals surface area contributed by atoms with Crippen molar-refractivity contribution in [3.63, 3.8) is 0 Å². The van der Waals surface area contributed by atoms with E-state index in [2.05, 4.69) is 21.3 Å². The molecule has 0 spiro atoms. The second-order valence-corrected chi connectivity index (χ2v) is 6.79. The van der Waals surface area contributed by atoms with Gasteiger partial charge in [-0.3, -0.25) is 14.3 Å². The number of benzene rings is 2. The summed E-state index contributed by atoms with van der Waals surface area (Å²) in [5.74, 6) is -0.569. The molecule has 28 heavy (non-hydrogen) atoms. The fourth-order valence-electron chi connectivity index (χ4n) is 3.48. The van der Waals surface area contributed by atoms with Crippen molar-refractivity contribution >= 4 is 22.6 Å². The summed E-state index contributed by atoms with van der Waals surface area (Å²) < 4.78 is 14.7. The number of imidazole rings is 1. The minimum atomic E-state index is -0.359. The Kier molecular flexibility index (Phi) is 5.08.